The Hall–Kier alpha value is -2.98. The van der Waals surface area contributed by atoms with Gasteiger partial charge in [-0.2, -0.15) is 9.41 Å². The van der Waals surface area contributed by atoms with Crippen molar-refractivity contribution in [3.8, 4) is 5.75 Å². The zero-order valence-electron chi connectivity index (χ0n) is 16.5. The third kappa shape index (κ3) is 5.30. The molecule has 0 atom stereocenters. The quantitative estimate of drug-likeness (QED) is 0.358. The van der Waals surface area contributed by atoms with Crippen LogP contribution in [0.4, 0.5) is 11.4 Å². The number of hydrogen-bond donors (Lipinski definition) is 1. The molecular weight excluding hydrogens is 396 g/mol. The van der Waals surface area contributed by atoms with Crippen molar-refractivity contribution in [2.45, 2.75) is 25.7 Å². The van der Waals surface area contributed by atoms with Crippen LogP contribution in [0.1, 0.15) is 26.3 Å². The van der Waals surface area contributed by atoms with E-state index in [9.17, 15) is 18.5 Å². The summed E-state index contributed by atoms with van der Waals surface area (Å²) in [6.45, 7) is 6.32. The number of hydrazone groups is 1. The molecular formula is C19H24N4O5S. The van der Waals surface area contributed by atoms with Crippen LogP contribution in [-0.4, -0.2) is 43.6 Å². The number of nitro groups is 1. The zero-order chi connectivity index (χ0) is 21.4. The first-order valence-electron chi connectivity index (χ1n) is 9.14. The second kappa shape index (κ2) is 9.99. The van der Waals surface area contributed by atoms with Gasteiger partial charge in [0.1, 0.15) is 11.4 Å². The highest BCUT2D eigenvalue weighted by atomic mass is 32.2. The van der Waals surface area contributed by atoms with Crippen molar-refractivity contribution in [1.29, 1.82) is 0 Å². The van der Waals surface area contributed by atoms with Crippen LogP contribution in [-0.2, 0) is 10.0 Å². The van der Waals surface area contributed by atoms with E-state index >= 15 is 0 Å². The molecule has 29 heavy (non-hydrogen) atoms. The van der Waals surface area contributed by atoms with Crippen LogP contribution in [0.2, 0.25) is 0 Å². The largest absolute Gasteiger partial charge is 0.493 e. The molecule has 156 valence electrons. The molecule has 0 aliphatic carbocycles. The Morgan fingerprint density at radius 2 is 1.86 bits per heavy atom. The number of ether oxygens (including phenoxy) is 1. The number of benzene rings is 2. The number of nitro benzene ring substituents is 1. The molecule has 9 nitrogen and oxygen atoms in total. The standard InChI is InChI=1S/C19H24N4O5S/c1-4-22(5-2)29(26,27)16-11-12-17(18(13-16)23(24)25)21-20-14-15-9-7-8-10-19(15)28-6-3/h7-14,21H,4-6H2,1-3H3/b20-14+. The molecule has 0 amide bonds. The second-order valence-corrected chi connectivity index (χ2v) is 7.80. The van der Waals surface area contributed by atoms with Gasteiger partial charge in [0, 0.05) is 24.7 Å². The number of anilines is 1. The van der Waals surface area contributed by atoms with Crippen LogP contribution in [0.25, 0.3) is 0 Å². The molecule has 0 saturated carbocycles. The first kappa shape index (κ1) is 22.3. The highest BCUT2D eigenvalue weighted by Crippen LogP contribution is 2.29. The first-order chi connectivity index (χ1) is 13.8. The van der Waals surface area contributed by atoms with E-state index in [4.69, 9.17) is 4.74 Å². The Bertz CT molecular complexity index is 988. The highest BCUT2D eigenvalue weighted by molar-refractivity contribution is 7.89. The van der Waals surface area contributed by atoms with Gasteiger partial charge in [-0.1, -0.05) is 26.0 Å². The Kier molecular flexibility index (Phi) is 7.68. The summed E-state index contributed by atoms with van der Waals surface area (Å²) in [5.74, 6) is 0.635. The number of hydrogen-bond acceptors (Lipinski definition) is 7. The number of nitrogens with one attached hydrogen (secondary N) is 1. The van der Waals surface area contributed by atoms with Crippen molar-refractivity contribution in [3.63, 3.8) is 0 Å². The number of rotatable bonds is 10. The van der Waals surface area contributed by atoms with Gasteiger partial charge in [-0.05, 0) is 31.2 Å². The molecule has 0 saturated heterocycles. The van der Waals surface area contributed by atoms with Gasteiger partial charge in [0.05, 0.1) is 22.6 Å². The van der Waals surface area contributed by atoms with Crippen molar-refractivity contribution in [2.75, 3.05) is 25.1 Å². The molecule has 0 fully saturated rings. The molecule has 0 bridgehead atoms. The molecule has 0 spiro atoms. The van der Waals surface area contributed by atoms with E-state index in [0.717, 1.165) is 6.07 Å². The summed E-state index contributed by atoms with van der Waals surface area (Å²) in [6, 6.07) is 10.9. The van der Waals surface area contributed by atoms with E-state index in [1.54, 1.807) is 26.0 Å². The average Bonchev–Trinajstić information content (AvgIpc) is 2.70. The van der Waals surface area contributed by atoms with E-state index in [0.29, 0.717) is 17.9 Å². The normalized spacial score (nSPS) is 11.7. The van der Waals surface area contributed by atoms with E-state index in [1.807, 2.05) is 19.1 Å². The molecule has 2 rings (SSSR count). The number of sulfonamides is 1. The summed E-state index contributed by atoms with van der Waals surface area (Å²) >= 11 is 0. The van der Waals surface area contributed by atoms with Gasteiger partial charge in [0.25, 0.3) is 5.69 Å². The van der Waals surface area contributed by atoms with Crippen molar-refractivity contribution in [1.82, 2.24) is 4.31 Å². The lowest BCUT2D eigenvalue weighted by Crippen LogP contribution is -2.30. The maximum absolute atomic E-state index is 12.6. The van der Waals surface area contributed by atoms with E-state index in [2.05, 4.69) is 10.5 Å². The second-order valence-electron chi connectivity index (χ2n) is 5.87. The summed E-state index contributed by atoms with van der Waals surface area (Å²) in [5.41, 5.74) is 3.01. The topological polar surface area (TPSA) is 114 Å². The molecule has 2 aromatic rings. The van der Waals surface area contributed by atoms with E-state index < -0.39 is 14.9 Å². The summed E-state index contributed by atoms with van der Waals surface area (Å²) in [5, 5.41) is 15.5. The van der Waals surface area contributed by atoms with Gasteiger partial charge in [-0.3, -0.25) is 15.5 Å². The predicted octanol–water partition coefficient (Wildman–Crippen LogP) is 3.47. The summed E-state index contributed by atoms with van der Waals surface area (Å²) < 4.78 is 32.0. The van der Waals surface area contributed by atoms with Crippen LogP contribution in [0.15, 0.2) is 52.5 Å². The fourth-order valence-corrected chi connectivity index (χ4v) is 4.15. The van der Waals surface area contributed by atoms with Crippen molar-refractivity contribution >= 4 is 27.6 Å². The van der Waals surface area contributed by atoms with E-state index in [-0.39, 0.29) is 29.4 Å². The van der Waals surface area contributed by atoms with Crippen molar-refractivity contribution in [3.05, 3.63) is 58.1 Å². The molecule has 2 aromatic carbocycles. The predicted molar refractivity (Wildman–Crippen MR) is 112 cm³/mol. The minimum Gasteiger partial charge on any atom is -0.493 e. The highest BCUT2D eigenvalue weighted by Gasteiger charge is 2.25. The van der Waals surface area contributed by atoms with Crippen LogP contribution in [0, 0.1) is 10.1 Å². The van der Waals surface area contributed by atoms with Gasteiger partial charge in [0.2, 0.25) is 10.0 Å². The third-order valence-corrected chi connectivity index (χ3v) is 6.16. The molecule has 1 N–H and O–H groups in total. The molecule has 0 radical (unpaired) electrons. The Morgan fingerprint density at radius 3 is 2.48 bits per heavy atom. The summed E-state index contributed by atoms with van der Waals surface area (Å²) in [7, 11) is -3.80. The Morgan fingerprint density at radius 1 is 1.17 bits per heavy atom. The molecule has 0 aliphatic heterocycles. The number of nitrogens with zero attached hydrogens (tertiary/aromatic N) is 3. The van der Waals surface area contributed by atoms with Gasteiger partial charge in [0.15, 0.2) is 0 Å². The third-order valence-electron chi connectivity index (χ3n) is 4.12. The fourth-order valence-electron chi connectivity index (χ4n) is 2.68. The molecule has 0 unspecified atom stereocenters. The van der Waals surface area contributed by atoms with Crippen LogP contribution in [0.3, 0.4) is 0 Å². The zero-order valence-corrected chi connectivity index (χ0v) is 17.3. The van der Waals surface area contributed by atoms with Crippen molar-refractivity contribution < 1.29 is 18.1 Å². The van der Waals surface area contributed by atoms with E-state index in [1.165, 1.54) is 22.7 Å². The van der Waals surface area contributed by atoms with Crippen molar-refractivity contribution in [2.24, 2.45) is 5.10 Å². The van der Waals surface area contributed by atoms with Crippen LogP contribution in [0.5, 0.6) is 5.75 Å². The SMILES string of the molecule is CCOc1ccccc1/C=N/Nc1ccc(S(=O)(=O)N(CC)CC)cc1[N+](=O)[O-]. The van der Waals surface area contributed by atoms with Gasteiger partial charge in [-0.15, -0.1) is 0 Å². The molecule has 0 aromatic heterocycles. The lowest BCUT2D eigenvalue weighted by molar-refractivity contribution is -0.384. The summed E-state index contributed by atoms with van der Waals surface area (Å²) in [6.07, 6.45) is 1.48. The first-order valence-corrected chi connectivity index (χ1v) is 10.6. The monoisotopic (exact) mass is 420 g/mol. The number of para-hydroxylation sites is 1. The molecule has 0 aliphatic rings. The minimum absolute atomic E-state index is 0.0821. The van der Waals surface area contributed by atoms with Crippen LogP contribution >= 0.6 is 0 Å². The summed E-state index contributed by atoms with van der Waals surface area (Å²) in [4.78, 5) is 10.7. The molecule has 0 heterocycles. The molecule has 10 heteroatoms. The lowest BCUT2D eigenvalue weighted by atomic mass is 10.2. The maximum Gasteiger partial charge on any atom is 0.295 e. The smallest absolute Gasteiger partial charge is 0.295 e. The average molecular weight is 420 g/mol. The minimum atomic E-state index is -3.80. The van der Waals surface area contributed by atoms with Gasteiger partial charge < -0.3 is 4.74 Å². The maximum atomic E-state index is 12.6. The Balaban J connectivity index is 2.32. The van der Waals surface area contributed by atoms with Gasteiger partial charge in [-0.25, -0.2) is 8.42 Å². The van der Waals surface area contributed by atoms with Crippen LogP contribution < -0.4 is 10.2 Å². The lowest BCUT2D eigenvalue weighted by Gasteiger charge is -2.18. The fraction of sp³-hybridized carbons (Fsp3) is 0.316. The van der Waals surface area contributed by atoms with Gasteiger partial charge >= 0.3 is 0 Å². The Labute approximate surface area is 170 Å².